The minimum Gasteiger partial charge on any atom is -0.497 e. The SMILES string of the molecule is COc1cccc(C(=O)NCc2ccc(S(=O)(=O)N3CCC(NCCCc4ccc(C(F)(F)F)cc4)CC3)s2)c1. The topological polar surface area (TPSA) is 87.7 Å². The highest BCUT2D eigenvalue weighted by atomic mass is 32.2. The maximum atomic E-state index is 13.2. The van der Waals surface area contributed by atoms with Gasteiger partial charge in [-0.15, -0.1) is 11.3 Å². The van der Waals surface area contributed by atoms with Gasteiger partial charge < -0.3 is 15.4 Å². The average molecular weight is 596 g/mol. The second-order valence-electron chi connectivity index (χ2n) is 9.57. The summed E-state index contributed by atoms with van der Waals surface area (Å²) in [6, 6.07) is 15.5. The normalized spacial score (nSPS) is 15.2. The van der Waals surface area contributed by atoms with E-state index in [0.717, 1.165) is 40.3 Å². The van der Waals surface area contributed by atoms with E-state index < -0.39 is 21.8 Å². The van der Waals surface area contributed by atoms with Gasteiger partial charge in [-0.1, -0.05) is 18.2 Å². The van der Waals surface area contributed by atoms with Crippen LogP contribution in [0.2, 0.25) is 0 Å². The highest BCUT2D eigenvalue weighted by molar-refractivity contribution is 7.91. The van der Waals surface area contributed by atoms with Gasteiger partial charge in [0, 0.05) is 29.6 Å². The van der Waals surface area contributed by atoms with E-state index in [1.54, 1.807) is 36.4 Å². The number of nitrogens with zero attached hydrogens (tertiary/aromatic N) is 1. The van der Waals surface area contributed by atoms with Crippen molar-refractivity contribution in [2.75, 3.05) is 26.7 Å². The molecular formula is C28H32F3N3O4S2. The summed E-state index contributed by atoms with van der Waals surface area (Å²) in [5.41, 5.74) is 0.664. The van der Waals surface area contributed by atoms with Crippen molar-refractivity contribution in [3.63, 3.8) is 0 Å². The summed E-state index contributed by atoms with van der Waals surface area (Å²) in [6.07, 6.45) is -1.54. The zero-order chi connectivity index (χ0) is 28.8. The Morgan fingerprint density at radius 3 is 2.48 bits per heavy atom. The van der Waals surface area contributed by atoms with Crippen LogP contribution in [0.15, 0.2) is 64.9 Å². The van der Waals surface area contributed by atoms with Gasteiger partial charge in [0.25, 0.3) is 15.9 Å². The number of hydrogen-bond acceptors (Lipinski definition) is 6. The average Bonchev–Trinajstić information content (AvgIpc) is 3.44. The minimum atomic E-state index is -4.33. The highest BCUT2D eigenvalue weighted by Crippen LogP contribution is 2.29. The van der Waals surface area contributed by atoms with Gasteiger partial charge in [0.1, 0.15) is 9.96 Å². The number of sulfonamides is 1. The van der Waals surface area contributed by atoms with Crippen molar-refractivity contribution in [3.8, 4) is 5.75 Å². The molecule has 4 rings (SSSR count). The van der Waals surface area contributed by atoms with E-state index in [1.807, 2.05) is 0 Å². The molecule has 1 aliphatic heterocycles. The summed E-state index contributed by atoms with van der Waals surface area (Å²) in [5.74, 6) is 0.305. The zero-order valence-electron chi connectivity index (χ0n) is 22.0. The Balaban J connectivity index is 1.20. The number of halogens is 3. The van der Waals surface area contributed by atoms with Crippen molar-refractivity contribution in [2.24, 2.45) is 0 Å². The monoisotopic (exact) mass is 595 g/mol. The number of aryl methyl sites for hydroxylation is 1. The van der Waals surface area contributed by atoms with Crippen LogP contribution < -0.4 is 15.4 Å². The minimum absolute atomic E-state index is 0.185. The van der Waals surface area contributed by atoms with Gasteiger partial charge in [0.05, 0.1) is 19.2 Å². The number of amides is 1. The number of piperidine rings is 1. The molecule has 1 saturated heterocycles. The van der Waals surface area contributed by atoms with Crippen LogP contribution in [0.4, 0.5) is 13.2 Å². The van der Waals surface area contributed by atoms with Gasteiger partial charge in [-0.3, -0.25) is 4.79 Å². The standard InChI is InChI=1S/C28H32F3N3O4S2/c1-38-24-6-2-5-21(18-24)27(35)33-19-25-11-12-26(39-25)40(36,37)34-16-13-23(14-17-34)32-15-3-4-20-7-9-22(10-8-20)28(29,30)31/h2,5-12,18,23,32H,3-4,13-17,19H2,1H3,(H,33,35). The fourth-order valence-corrected chi connectivity index (χ4v) is 7.43. The number of benzene rings is 2. The molecule has 3 aromatic rings. The molecule has 0 aliphatic carbocycles. The number of rotatable bonds is 11. The molecule has 40 heavy (non-hydrogen) atoms. The van der Waals surface area contributed by atoms with Crippen LogP contribution in [0.3, 0.4) is 0 Å². The molecule has 0 atom stereocenters. The number of carbonyl (C=O) groups is 1. The molecule has 1 aromatic heterocycles. The van der Waals surface area contributed by atoms with Crippen LogP contribution in [0.25, 0.3) is 0 Å². The smallest absolute Gasteiger partial charge is 0.416 e. The Kier molecular flexibility index (Phi) is 9.88. The third kappa shape index (κ3) is 7.84. The molecule has 0 radical (unpaired) electrons. The van der Waals surface area contributed by atoms with Crippen molar-refractivity contribution in [3.05, 3.63) is 82.2 Å². The lowest BCUT2D eigenvalue weighted by Gasteiger charge is -2.31. The highest BCUT2D eigenvalue weighted by Gasteiger charge is 2.31. The Morgan fingerprint density at radius 2 is 1.80 bits per heavy atom. The number of ether oxygens (including phenoxy) is 1. The molecule has 1 fully saturated rings. The lowest BCUT2D eigenvalue weighted by Crippen LogP contribution is -2.44. The van der Waals surface area contributed by atoms with E-state index in [9.17, 15) is 26.4 Å². The Hall–Kier alpha value is -2.93. The van der Waals surface area contributed by atoms with E-state index >= 15 is 0 Å². The van der Waals surface area contributed by atoms with E-state index in [-0.39, 0.29) is 22.7 Å². The van der Waals surface area contributed by atoms with E-state index in [1.165, 1.54) is 23.5 Å². The molecule has 1 amide bonds. The van der Waals surface area contributed by atoms with Crippen LogP contribution in [0.1, 0.15) is 45.6 Å². The fraction of sp³-hybridized carbons (Fsp3) is 0.393. The molecule has 7 nitrogen and oxygen atoms in total. The van der Waals surface area contributed by atoms with E-state index in [4.69, 9.17) is 4.74 Å². The zero-order valence-corrected chi connectivity index (χ0v) is 23.7. The third-order valence-corrected chi connectivity index (χ3v) is 10.2. The number of nitrogens with one attached hydrogen (secondary N) is 2. The number of thiophene rings is 1. The lowest BCUT2D eigenvalue weighted by atomic mass is 10.1. The molecule has 2 heterocycles. The lowest BCUT2D eigenvalue weighted by molar-refractivity contribution is -0.137. The van der Waals surface area contributed by atoms with Crippen LogP contribution >= 0.6 is 11.3 Å². The van der Waals surface area contributed by atoms with Crippen molar-refractivity contribution in [1.29, 1.82) is 0 Å². The van der Waals surface area contributed by atoms with E-state index in [2.05, 4.69) is 10.6 Å². The first kappa shape index (κ1) is 30.0. The first-order chi connectivity index (χ1) is 19.1. The van der Waals surface area contributed by atoms with Gasteiger partial charge in [-0.05, 0) is 80.3 Å². The predicted molar refractivity (Wildman–Crippen MR) is 148 cm³/mol. The second kappa shape index (κ2) is 13.2. The van der Waals surface area contributed by atoms with Crippen LogP contribution in [0, 0.1) is 0 Å². The second-order valence-corrected chi connectivity index (χ2v) is 12.9. The van der Waals surface area contributed by atoms with Crippen molar-refractivity contribution in [1.82, 2.24) is 14.9 Å². The summed E-state index contributed by atoms with van der Waals surface area (Å²) in [4.78, 5) is 13.2. The molecule has 216 valence electrons. The van der Waals surface area contributed by atoms with Crippen LogP contribution in [-0.2, 0) is 29.2 Å². The van der Waals surface area contributed by atoms with Gasteiger partial charge >= 0.3 is 6.18 Å². The summed E-state index contributed by atoms with van der Waals surface area (Å²) in [5, 5.41) is 6.26. The summed E-state index contributed by atoms with van der Waals surface area (Å²) >= 11 is 1.15. The quantitative estimate of drug-likeness (QED) is 0.302. The first-order valence-electron chi connectivity index (χ1n) is 13.0. The number of methoxy groups -OCH3 is 1. The molecular weight excluding hydrogens is 563 g/mol. The van der Waals surface area contributed by atoms with Gasteiger partial charge in [0.15, 0.2) is 0 Å². The summed E-state index contributed by atoms with van der Waals surface area (Å²) in [7, 11) is -2.10. The first-order valence-corrected chi connectivity index (χ1v) is 15.2. The molecule has 0 spiro atoms. The number of carbonyl (C=O) groups excluding carboxylic acids is 1. The van der Waals surface area contributed by atoms with Crippen molar-refractivity contribution in [2.45, 2.75) is 48.7 Å². The molecule has 0 saturated carbocycles. The Labute approximate surface area is 236 Å². The molecule has 2 N–H and O–H groups in total. The molecule has 12 heteroatoms. The van der Waals surface area contributed by atoms with Crippen molar-refractivity contribution >= 4 is 27.3 Å². The van der Waals surface area contributed by atoms with E-state index in [0.29, 0.717) is 50.2 Å². The number of alkyl halides is 3. The van der Waals surface area contributed by atoms with Crippen LogP contribution in [-0.4, -0.2) is 51.4 Å². The maximum Gasteiger partial charge on any atom is 0.416 e. The molecule has 2 aromatic carbocycles. The largest absolute Gasteiger partial charge is 0.497 e. The van der Waals surface area contributed by atoms with Crippen molar-refractivity contribution < 1.29 is 31.1 Å². The molecule has 1 aliphatic rings. The summed E-state index contributed by atoms with van der Waals surface area (Å²) in [6.45, 7) is 1.72. The van der Waals surface area contributed by atoms with Gasteiger partial charge in [0.2, 0.25) is 0 Å². The Morgan fingerprint density at radius 1 is 1.07 bits per heavy atom. The van der Waals surface area contributed by atoms with Crippen LogP contribution in [0.5, 0.6) is 5.75 Å². The van der Waals surface area contributed by atoms with Gasteiger partial charge in [-0.2, -0.15) is 17.5 Å². The maximum absolute atomic E-state index is 13.2. The fourth-order valence-electron chi connectivity index (χ4n) is 4.51. The summed E-state index contributed by atoms with van der Waals surface area (Å²) < 4.78 is 71.3. The van der Waals surface area contributed by atoms with Gasteiger partial charge in [-0.25, -0.2) is 8.42 Å². The molecule has 0 bridgehead atoms. The third-order valence-electron chi connectivity index (χ3n) is 6.80. The Bertz CT molecular complexity index is 1380. The molecule has 0 unspecified atom stereocenters. The predicted octanol–water partition coefficient (Wildman–Crippen LogP) is 5.08. The number of hydrogen-bond donors (Lipinski definition) is 2.